The van der Waals surface area contributed by atoms with E-state index in [0.29, 0.717) is 11.4 Å². The molecule has 0 saturated carbocycles. The number of ketones is 1. The van der Waals surface area contributed by atoms with E-state index in [9.17, 15) is 4.79 Å². The summed E-state index contributed by atoms with van der Waals surface area (Å²) < 4.78 is 0. The molecule has 4 nitrogen and oxygen atoms in total. The summed E-state index contributed by atoms with van der Waals surface area (Å²) in [4.78, 5) is 23.1. The van der Waals surface area contributed by atoms with Gasteiger partial charge in [0.25, 0.3) is 0 Å². The van der Waals surface area contributed by atoms with Crippen LogP contribution in [0.25, 0.3) is 11.1 Å². The molecule has 0 unspecified atom stereocenters. The van der Waals surface area contributed by atoms with E-state index in [1.54, 1.807) is 6.21 Å². The van der Waals surface area contributed by atoms with Crippen molar-refractivity contribution in [1.29, 1.82) is 5.41 Å². The molecule has 0 bridgehead atoms. The Bertz CT molecular complexity index is 2360. The zero-order valence-electron chi connectivity index (χ0n) is 27.8. The Morgan fingerprint density at radius 3 is 1.55 bits per heavy atom. The first-order valence-corrected chi connectivity index (χ1v) is 17.0. The van der Waals surface area contributed by atoms with E-state index < -0.39 is 5.41 Å². The van der Waals surface area contributed by atoms with Gasteiger partial charge in [-0.1, -0.05) is 188 Å². The molecule has 1 aliphatic rings. The molecule has 1 N–H and O–H groups in total. The van der Waals surface area contributed by atoms with Crippen LogP contribution < -0.4 is 0 Å². The summed E-state index contributed by atoms with van der Waals surface area (Å²) in [6, 6.07) is 62.7. The van der Waals surface area contributed by atoms with Crippen molar-refractivity contribution in [2.24, 2.45) is 9.98 Å². The average molecular weight is 656 g/mol. The number of aliphatic imine (C=N–C) groups is 2. The van der Waals surface area contributed by atoms with E-state index in [4.69, 9.17) is 5.41 Å². The first kappa shape index (κ1) is 31.5. The molecule has 0 saturated heterocycles. The highest BCUT2D eigenvalue weighted by Crippen LogP contribution is 2.50. The van der Waals surface area contributed by atoms with E-state index in [1.165, 1.54) is 0 Å². The van der Waals surface area contributed by atoms with E-state index in [-0.39, 0.29) is 11.6 Å². The van der Waals surface area contributed by atoms with Crippen LogP contribution in [0.5, 0.6) is 0 Å². The molecule has 51 heavy (non-hydrogen) atoms. The molecule has 0 aromatic heterocycles. The summed E-state index contributed by atoms with van der Waals surface area (Å²) in [6.45, 7) is 0. The van der Waals surface area contributed by atoms with Gasteiger partial charge >= 0.3 is 0 Å². The highest BCUT2D eigenvalue weighted by molar-refractivity contribution is 6.14. The van der Waals surface area contributed by atoms with Crippen LogP contribution in [0.1, 0.15) is 54.9 Å². The van der Waals surface area contributed by atoms with E-state index in [2.05, 4.69) is 70.6 Å². The quantitative estimate of drug-likeness (QED) is 0.141. The zero-order valence-corrected chi connectivity index (χ0v) is 27.8. The minimum absolute atomic E-state index is 0.0539. The maximum absolute atomic E-state index is 13.8. The van der Waals surface area contributed by atoms with E-state index >= 15 is 0 Å². The van der Waals surface area contributed by atoms with Crippen LogP contribution in [-0.4, -0.2) is 23.7 Å². The summed E-state index contributed by atoms with van der Waals surface area (Å²) in [5, 5.41) is 8.86. The molecule has 0 aliphatic heterocycles. The van der Waals surface area contributed by atoms with Gasteiger partial charge in [-0.15, -0.1) is 0 Å². The van der Waals surface area contributed by atoms with Crippen LogP contribution in [0, 0.1) is 5.41 Å². The molecule has 0 atom stereocenters. The molecular formula is C47H33N3O. The van der Waals surface area contributed by atoms with Gasteiger partial charge in [-0.3, -0.25) is 10.2 Å². The van der Waals surface area contributed by atoms with Crippen molar-refractivity contribution in [1.82, 2.24) is 0 Å². The summed E-state index contributed by atoms with van der Waals surface area (Å²) in [5.74, 6) is 0.664. The lowest BCUT2D eigenvalue weighted by atomic mass is 9.59. The molecule has 4 heteroatoms. The molecule has 0 fully saturated rings. The maximum Gasteiger partial charge on any atom is 0.193 e. The van der Waals surface area contributed by atoms with Gasteiger partial charge in [0.15, 0.2) is 17.5 Å². The second-order valence-electron chi connectivity index (χ2n) is 12.5. The summed E-state index contributed by atoms with van der Waals surface area (Å²) >= 11 is 0. The lowest BCUT2D eigenvalue weighted by Gasteiger charge is -2.41. The number of benzene rings is 7. The topological polar surface area (TPSA) is 65.6 Å². The molecule has 1 aliphatic carbocycles. The maximum atomic E-state index is 13.8. The van der Waals surface area contributed by atoms with Gasteiger partial charge in [-0.25, -0.2) is 9.98 Å². The predicted octanol–water partition coefficient (Wildman–Crippen LogP) is 10.2. The summed E-state index contributed by atoms with van der Waals surface area (Å²) in [6.07, 6.45) is 1.77. The van der Waals surface area contributed by atoms with E-state index in [1.807, 2.05) is 127 Å². The number of nitrogens with one attached hydrogen (secondary N) is 1. The number of carbonyl (C=O) groups is 1. The third kappa shape index (κ3) is 5.83. The van der Waals surface area contributed by atoms with Crippen LogP contribution in [0.4, 0.5) is 0 Å². The van der Waals surface area contributed by atoms with Crippen molar-refractivity contribution in [3.63, 3.8) is 0 Å². The smallest absolute Gasteiger partial charge is 0.193 e. The first-order chi connectivity index (χ1) is 25.1. The fourth-order valence-corrected chi connectivity index (χ4v) is 7.12. The highest BCUT2D eigenvalue weighted by atomic mass is 16.1. The molecule has 0 amide bonds. The van der Waals surface area contributed by atoms with Gasteiger partial charge in [-0.05, 0) is 38.9 Å². The lowest BCUT2D eigenvalue weighted by molar-refractivity contribution is 0.103. The van der Waals surface area contributed by atoms with Crippen molar-refractivity contribution >= 4 is 23.7 Å². The molecule has 0 heterocycles. The van der Waals surface area contributed by atoms with Crippen molar-refractivity contribution in [2.45, 2.75) is 5.41 Å². The van der Waals surface area contributed by atoms with Crippen molar-refractivity contribution in [2.75, 3.05) is 0 Å². The highest BCUT2D eigenvalue weighted by Gasteiger charge is 2.46. The van der Waals surface area contributed by atoms with Gasteiger partial charge in [0.05, 0.1) is 5.41 Å². The van der Waals surface area contributed by atoms with Crippen molar-refractivity contribution < 1.29 is 4.79 Å². The Kier molecular flexibility index (Phi) is 8.41. The predicted molar refractivity (Wildman–Crippen MR) is 207 cm³/mol. The molecule has 0 radical (unpaired) electrons. The monoisotopic (exact) mass is 655 g/mol. The third-order valence-corrected chi connectivity index (χ3v) is 9.55. The lowest BCUT2D eigenvalue weighted by Crippen LogP contribution is -2.38. The third-order valence-electron chi connectivity index (χ3n) is 9.55. The number of hydrogen-bond donors (Lipinski definition) is 1. The number of carbonyl (C=O) groups excluding carboxylic acids is 1. The molecule has 7 aromatic carbocycles. The normalized spacial score (nSPS) is 13.4. The van der Waals surface area contributed by atoms with Crippen LogP contribution in [0.2, 0.25) is 0 Å². The van der Waals surface area contributed by atoms with Crippen LogP contribution in [-0.2, 0) is 5.41 Å². The zero-order chi connectivity index (χ0) is 34.6. The molecule has 8 rings (SSSR count). The Morgan fingerprint density at radius 2 is 0.961 bits per heavy atom. The number of fused-ring (bicyclic) bond motifs is 2. The van der Waals surface area contributed by atoms with Crippen molar-refractivity contribution in [3.8, 4) is 11.1 Å². The van der Waals surface area contributed by atoms with Crippen LogP contribution in [0.15, 0.2) is 198 Å². The minimum atomic E-state index is -0.669. The SMILES string of the molecule is N=C(N=C(N=Cc1ccccc1)c1ccccc1)c1ccc(-c2ccc(C3(c4ccccc4)c4ccccc4C(=O)c4ccccc43)cc2)cc1. The molecule has 7 aromatic rings. The second-order valence-corrected chi connectivity index (χ2v) is 12.5. The number of hydrogen-bond acceptors (Lipinski definition) is 2. The average Bonchev–Trinajstić information content (AvgIpc) is 3.21. The number of nitrogens with zero attached hydrogens (tertiary/aromatic N) is 2. The second kappa shape index (κ2) is 13.6. The number of rotatable bonds is 6. The molecular weight excluding hydrogens is 623 g/mol. The minimum Gasteiger partial charge on any atom is -0.289 e. The Morgan fingerprint density at radius 1 is 0.490 bits per heavy atom. The Balaban J connectivity index is 1.14. The Hall–Kier alpha value is -6.78. The van der Waals surface area contributed by atoms with Crippen LogP contribution >= 0.6 is 0 Å². The first-order valence-electron chi connectivity index (χ1n) is 17.0. The summed E-state index contributed by atoms with van der Waals surface area (Å²) in [7, 11) is 0. The van der Waals surface area contributed by atoms with Gasteiger partial charge in [-0.2, -0.15) is 0 Å². The van der Waals surface area contributed by atoms with Gasteiger partial charge in [0, 0.05) is 28.5 Å². The largest absolute Gasteiger partial charge is 0.289 e. The Labute approximate surface area is 297 Å². The fraction of sp³-hybridized carbons (Fsp3) is 0.0213. The summed E-state index contributed by atoms with van der Waals surface area (Å²) in [5.41, 5.74) is 9.53. The van der Waals surface area contributed by atoms with E-state index in [0.717, 1.165) is 55.6 Å². The van der Waals surface area contributed by atoms with Gasteiger partial charge in [0.1, 0.15) is 0 Å². The fourth-order valence-electron chi connectivity index (χ4n) is 7.12. The van der Waals surface area contributed by atoms with Gasteiger partial charge in [0.2, 0.25) is 0 Å². The number of amidine groups is 2. The molecule has 242 valence electrons. The van der Waals surface area contributed by atoms with Gasteiger partial charge < -0.3 is 0 Å². The van der Waals surface area contributed by atoms with Crippen LogP contribution in [0.3, 0.4) is 0 Å². The van der Waals surface area contributed by atoms with Crippen molar-refractivity contribution in [3.05, 3.63) is 238 Å². The molecule has 0 spiro atoms. The standard InChI is InChI=1S/C47H33N3O/c48-45(50-46(37-16-6-2-7-17-37)49-32-33-14-4-1-5-15-33)36-26-24-34(25-27-36)35-28-30-39(31-29-35)47(38-18-8-3-9-19-38)42-22-12-10-20-40(42)44(51)41-21-11-13-23-43(41)47/h1-32,48H.